The van der Waals surface area contributed by atoms with Crippen molar-refractivity contribution in [1.29, 1.82) is 0 Å². The number of rotatable bonds is 6. The topological polar surface area (TPSA) is 81.3 Å². The van der Waals surface area contributed by atoms with Crippen LogP contribution in [-0.4, -0.2) is 37.4 Å². The lowest BCUT2D eigenvalue weighted by atomic mass is 9.89. The van der Waals surface area contributed by atoms with Crippen LogP contribution in [0.3, 0.4) is 0 Å². The molecule has 2 aromatic heterocycles. The summed E-state index contributed by atoms with van der Waals surface area (Å²) in [5.41, 5.74) is 3.50. The predicted molar refractivity (Wildman–Crippen MR) is 136 cm³/mol. The Morgan fingerprint density at radius 1 is 1.06 bits per heavy atom. The molecule has 0 spiro atoms. The molecule has 1 aliphatic carbocycles. The maximum atomic E-state index is 13.5. The fourth-order valence-electron chi connectivity index (χ4n) is 4.80. The minimum Gasteiger partial charge on any atom is -0.355 e. The number of fused-ring (bicyclic) bond motifs is 3. The van der Waals surface area contributed by atoms with Gasteiger partial charge in [0.2, 0.25) is 11.7 Å². The lowest BCUT2D eigenvalue weighted by Crippen LogP contribution is -2.31. The molecule has 0 aliphatic heterocycles. The zero-order valence-corrected chi connectivity index (χ0v) is 20.4. The summed E-state index contributed by atoms with van der Waals surface area (Å²) in [5, 5.41) is 13.0. The van der Waals surface area contributed by atoms with Crippen LogP contribution in [0.25, 0.3) is 22.4 Å². The summed E-state index contributed by atoms with van der Waals surface area (Å²) in [5.74, 6) is 1.29. The van der Waals surface area contributed by atoms with Crippen LogP contribution >= 0.6 is 11.8 Å². The van der Waals surface area contributed by atoms with Gasteiger partial charge in [0, 0.05) is 6.54 Å². The van der Waals surface area contributed by atoms with Gasteiger partial charge in [-0.2, -0.15) is 0 Å². The van der Waals surface area contributed by atoms with Crippen molar-refractivity contribution < 1.29 is 4.79 Å². The van der Waals surface area contributed by atoms with E-state index in [4.69, 9.17) is 0 Å². The number of carbonyl (C=O) groups is 1. The molecule has 1 aliphatic rings. The van der Waals surface area contributed by atoms with Gasteiger partial charge in [-0.25, -0.2) is 4.57 Å². The van der Waals surface area contributed by atoms with Crippen molar-refractivity contribution in [2.45, 2.75) is 51.1 Å². The van der Waals surface area contributed by atoms with E-state index in [0.717, 1.165) is 28.9 Å². The molecule has 4 aromatic rings. The number of aromatic nitrogens is 4. The van der Waals surface area contributed by atoms with Gasteiger partial charge < -0.3 is 5.32 Å². The van der Waals surface area contributed by atoms with E-state index in [0.29, 0.717) is 22.2 Å². The highest BCUT2D eigenvalue weighted by Gasteiger charge is 2.20. The van der Waals surface area contributed by atoms with Gasteiger partial charge in [-0.15, -0.1) is 10.2 Å². The SMILES string of the molecule is Cc1cccc(-n2c(=O)c3ccccc3n3c(SCC(=O)NCC4CCCCC4)nnc23)c1C. The number of nitrogens with one attached hydrogen (secondary N) is 1. The third-order valence-corrected chi connectivity index (χ3v) is 7.79. The normalized spacial score (nSPS) is 14.6. The van der Waals surface area contributed by atoms with Crippen molar-refractivity contribution in [1.82, 2.24) is 24.5 Å². The quantitative estimate of drug-likeness (QED) is 0.417. The average Bonchev–Trinajstić information content (AvgIpc) is 3.28. The highest BCUT2D eigenvalue weighted by Crippen LogP contribution is 2.25. The van der Waals surface area contributed by atoms with Gasteiger partial charge in [-0.1, -0.05) is 55.3 Å². The first kappa shape index (κ1) is 22.7. The Kier molecular flexibility index (Phi) is 6.41. The Hall–Kier alpha value is -3.13. The van der Waals surface area contributed by atoms with Crippen molar-refractivity contribution in [3.05, 3.63) is 63.9 Å². The van der Waals surface area contributed by atoms with Gasteiger partial charge in [-0.05, 0) is 61.9 Å². The van der Waals surface area contributed by atoms with Gasteiger partial charge in [-0.3, -0.25) is 14.0 Å². The van der Waals surface area contributed by atoms with E-state index < -0.39 is 0 Å². The fraction of sp³-hybridized carbons (Fsp3) is 0.385. The average molecular weight is 476 g/mol. The first-order valence-corrected chi connectivity index (χ1v) is 12.9. The van der Waals surface area contributed by atoms with Crippen molar-refractivity contribution >= 4 is 34.3 Å². The number of para-hydroxylation sites is 1. The van der Waals surface area contributed by atoms with Crippen molar-refractivity contribution in [2.75, 3.05) is 12.3 Å². The molecule has 8 heteroatoms. The zero-order valence-electron chi connectivity index (χ0n) is 19.6. The van der Waals surface area contributed by atoms with Gasteiger partial charge in [0.15, 0.2) is 5.16 Å². The molecule has 0 atom stereocenters. The summed E-state index contributed by atoms with van der Waals surface area (Å²) >= 11 is 1.35. The summed E-state index contributed by atoms with van der Waals surface area (Å²) in [6.07, 6.45) is 6.22. The van der Waals surface area contributed by atoms with Crippen LogP contribution in [0.5, 0.6) is 0 Å². The number of aryl methyl sites for hydroxylation is 1. The van der Waals surface area contributed by atoms with E-state index >= 15 is 0 Å². The molecule has 7 nitrogen and oxygen atoms in total. The largest absolute Gasteiger partial charge is 0.355 e. The molecule has 5 rings (SSSR count). The molecule has 176 valence electrons. The highest BCUT2D eigenvalue weighted by atomic mass is 32.2. The molecule has 2 aromatic carbocycles. The smallest absolute Gasteiger partial charge is 0.267 e. The van der Waals surface area contributed by atoms with E-state index in [1.807, 2.05) is 60.7 Å². The second kappa shape index (κ2) is 9.62. The summed E-state index contributed by atoms with van der Waals surface area (Å²) in [6, 6.07) is 13.4. The Labute approximate surface area is 202 Å². The van der Waals surface area contributed by atoms with Crippen molar-refractivity contribution in [3.8, 4) is 5.69 Å². The van der Waals surface area contributed by atoms with Crippen LogP contribution in [0.4, 0.5) is 0 Å². The van der Waals surface area contributed by atoms with E-state index in [9.17, 15) is 9.59 Å². The second-order valence-electron chi connectivity index (χ2n) is 9.09. The Morgan fingerprint density at radius 2 is 1.85 bits per heavy atom. The summed E-state index contributed by atoms with van der Waals surface area (Å²) < 4.78 is 3.52. The van der Waals surface area contributed by atoms with Crippen LogP contribution in [-0.2, 0) is 4.79 Å². The van der Waals surface area contributed by atoms with Gasteiger partial charge in [0.1, 0.15) is 0 Å². The monoisotopic (exact) mass is 475 g/mol. The molecule has 1 amide bonds. The minimum absolute atomic E-state index is 0.000482. The minimum atomic E-state index is -0.133. The molecule has 34 heavy (non-hydrogen) atoms. The number of carbonyl (C=O) groups excluding carboxylic acids is 1. The Bertz CT molecular complexity index is 1420. The zero-order chi connectivity index (χ0) is 23.7. The van der Waals surface area contributed by atoms with Gasteiger partial charge in [0.25, 0.3) is 5.56 Å². The molecule has 1 N–H and O–H groups in total. The van der Waals surface area contributed by atoms with Crippen molar-refractivity contribution in [3.63, 3.8) is 0 Å². The molecule has 0 unspecified atom stereocenters. The fourth-order valence-corrected chi connectivity index (χ4v) is 5.57. The maximum Gasteiger partial charge on any atom is 0.267 e. The molecule has 0 bridgehead atoms. The van der Waals surface area contributed by atoms with Gasteiger partial charge >= 0.3 is 0 Å². The Balaban J connectivity index is 1.49. The number of hydrogen-bond donors (Lipinski definition) is 1. The van der Waals surface area contributed by atoms with Crippen molar-refractivity contribution in [2.24, 2.45) is 5.92 Å². The van der Waals surface area contributed by atoms with Crippen LogP contribution < -0.4 is 10.9 Å². The molecule has 0 radical (unpaired) electrons. The molecule has 2 heterocycles. The molecular formula is C26H29N5O2S. The number of nitrogens with zero attached hydrogens (tertiary/aromatic N) is 4. The van der Waals surface area contributed by atoms with Crippen LogP contribution in [0.2, 0.25) is 0 Å². The van der Waals surface area contributed by atoms with E-state index in [1.165, 1.54) is 43.9 Å². The second-order valence-corrected chi connectivity index (χ2v) is 10.0. The predicted octanol–water partition coefficient (Wildman–Crippen LogP) is 4.44. The number of thioether (sulfide) groups is 1. The first-order chi connectivity index (χ1) is 16.5. The molecule has 1 saturated carbocycles. The van der Waals surface area contributed by atoms with E-state index in [-0.39, 0.29) is 17.2 Å². The Morgan fingerprint density at radius 3 is 2.68 bits per heavy atom. The van der Waals surface area contributed by atoms with Gasteiger partial charge in [0.05, 0.1) is 22.3 Å². The highest BCUT2D eigenvalue weighted by molar-refractivity contribution is 7.99. The summed E-state index contributed by atoms with van der Waals surface area (Å²) in [7, 11) is 0. The third kappa shape index (κ3) is 4.22. The van der Waals surface area contributed by atoms with E-state index in [2.05, 4.69) is 15.5 Å². The summed E-state index contributed by atoms with van der Waals surface area (Å²) in [6.45, 7) is 4.78. The lowest BCUT2D eigenvalue weighted by Gasteiger charge is -2.21. The van der Waals surface area contributed by atoms with Crippen LogP contribution in [0.15, 0.2) is 52.4 Å². The van der Waals surface area contributed by atoms with Crippen LogP contribution in [0.1, 0.15) is 43.2 Å². The lowest BCUT2D eigenvalue weighted by molar-refractivity contribution is -0.118. The number of amides is 1. The summed E-state index contributed by atoms with van der Waals surface area (Å²) in [4.78, 5) is 26.1. The third-order valence-electron chi connectivity index (χ3n) is 6.86. The number of benzene rings is 2. The number of hydrogen-bond acceptors (Lipinski definition) is 5. The molecular weight excluding hydrogens is 446 g/mol. The van der Waals surface area contributed by atoms with E-state index in [1.54, 1.807) is 4.57 Å². The van der Waals surface area contributed by atoms with Crippen LogP contribution in [0, 0.1) is 19.8 Å². The molecule has 0 saturated heterocycles. The molecule has 1 fully saturated rings. The standard InChI is InChI=1S/C26H29N5O2S/c1-17-9-8-14-21(18(17)2)30-24(33)20-12-6-7-13-22(20)31-25(30)28-29-26(31)34-16-23(32)27-15-19-10-4-3-5-11-19/h6-9,12-14,19H,3-5,10-11,15-16H2,1-2H3,(H,27,32). The maximum absolute atomic E-state index is 13.5. The first-order valence-electron chi connectivity index (χ1n) is 11.9.